The number of carbonyl (C=O) groups is 1. The number of ether oxygens (including phenoxy) is 3. The van der Waals surface area contributed by atoms with E-state index in [1.807, 2.05) is 54.6 Å². The van der Waals surface area contributed by atoms with Crippen LogP contribution in [0.15, 0.2) is 154 Å². The quantitative estimate of drug-likeness (QED) is 0.120. The number of sulfonamides is 1. The fraction of sp³-hybridized carbons (Fsp3) is 0.175. The first-order valence-electron chi connectivity index (χ1n) is 16.7. The monoisotopic (exact) mass is 719 g/mol. The predicted molar refractivity (Wildman–Crippen MR) is 196 cm³/mol. The lowest BCUT2D eigenvalue weighted by molar-refractivity contribution is -0.147. The molecule has 1 atom stereocenters. The predicted octanol–water partition coefficient (Wildman–Crippen LogP) is 6.00. The van der Waals surface area contributed by atoms with Crippen molar-refractivity contribution in [3.8, 4) is 11.5 Å². The maximum absolute atomic E-state index is 13.7. The smallest absolute Gasteiger partial charge is 0.333 e. The SMILES string of the molecule is O=C(OCc1ccccc1)C(CCCn1c(=O)c2ccccc2n(COCc2ccccc2)c1=O)NS(=O)(=O)c1ccc(Oc2ccccc2)cc1. The van der Waals surface area contributed by atoms with Crippen LogP contribution in [0.3, 0.4) is 0 Å². The summed E-state index contributed by atoms with van der Waals surface area (Å²) in [7, 11) is -4.21. The van der Waals surface area contributed by atoms with Crippen LogP contribution in [0.5, 0.6) is 11.5 Å². The first-order chi connectivity index (χ1) is 25.3. The van der Waals surface area contributed by atoms with Gasteiger partial charge >= 0.3 is 11.7 Å². The highest BCUT2D eigenvalue weighted by Crippen LogP contribution is 2.23. The maximum atomic E-state index is 13.7. The molecule has 0 saturated heterocycles. The summed E-state index contributed by atoms with van der Waals surface area (Å²) in [4.78, 5) is 40.5. The summed E-state index contributed by atoms with van der Waals surface area (Å²) in [6, 6.07) is 38.8. The molecule has 12 heteroatoms. The zero-order valence-corrected chi connectivity index (χ0v) is 29.0. The average Bonchev–Trinajstić information content (AvgIpc) is 3.17. The van der Waals surface area contributed by atoms with Gasteiger partial charge < -0.3 is 14.2 Å². The molecule has 0 fully saturated rings. The molecular formula is C40H37N3O8S. The molecule has 0 aliphatic rings. The van der Waals surface area contributed by atoms with Crippen molar-refractivity contribution >= 4 is 26.9 Å². The average molecular weight is 720 g/mol. The van der Waals surface area contributed by atoms with Gasteiger partial charge in [-0.1, -0.05) is 91.0 Å². The van der Waals surface area contributed by atoms with Gasteiger partial charge in [-0.15, -0.1) is 0 Å². The number of esters is 1. The van der Waals surface area contributed by atoms with E-state index in [0.29, 0.717) is 22.4 Å². The van der Waals surface area contributed by atoms with Crippen LogP contribution in [0.25, 0.3) is 10.9 Å². The molecule has 6 aromatic rings. The first-order valence-corrected chi connectivity index (χ1v) is 18.2. The van der Waals surface area contributed by atoms with Crippen LogP contribution in [-0.4, -0.2) is 29.6 Å². The van der Waals surface area contributed by atoms with Gasteiger partial charge in [0.2, 0.25) is 10.0 Å². The normalized spacial score (nSPS) is 12.0. The Morgan fingerprint density at radius 2 is 1.25 bits per heavy atom. The van der Waals surface area contributed by atoms with E-state index in [1.54, 1.807) is 60.7 Å². The second-order valence-electron chi connectivity index (χ2n) is 11.9. The minimum absolute atomic E-state index is 0.0642. The van der Waals surface area contributed by atoms with E-state index in [2.05, 4.69) is 4.72 Å². The van der Waals surface area contributed by atoms with Crippen LogP contribution in [0.4, 0.5) is 0 Å². The molecule has 0 bridgehead atoms. The van der Waals surface area contributed by atoms with Crippen LogP contribution in [0.2, 0.25) is 0 Å². The van der Waals surface area contributed by atoms with Crippen LogP contribution in [0.1, 0.15) is 24.0 Å². The number of rotatable bonds is 16. The van der Waals surface area contributed by atoms with Gasteiger partial charge in [-0.2, -0.15) is 4.72 Å². The summed E-state index contributed by atoms with van der Waals surface area (Å²) in [5, 5.41) is 0.324. The fourth-order valence-corrected chi connectivity index (χ4v) is 6.82. The summed E-state index contributed by atoms with van der Waals surface area (Å²) < 4.78 is 49.2. The van der Waals surface area contributed by atoms with E-state index in [1.165, 1.54) is 28.8 Å². The summed E-state index contributed by atoms with van der Waals surface area (Å²) in [6.45, 7) is 0.00646. The number of nitrogens with zero attached hydrogens (tertiary/aromatic N) is 2. The van der Waals surface area contributed by atoms with E-state index in [0.717, 1.165) is 15.7 Å². The van der Waals surface area contributed by atoms with Gasteiger partial charge in [-0.05, 0) is 72.5 Å². The van der Waals surface area contributed by atoms with Crippen molar-refractivity contribution in [2.45, 2.75) is 50.3 Å². The van der Waals surface area contributed by atoms with Crippen LogP contribution < -0.4 is 20.7 Å². The molecular weight excluding hydrogens is 683 g/mol. The minimum atomic E-state index is -4.21. The highest BCUT2D eigenvalue weighted by atomic mass is 32.2. The van der Waals surface area contributed by atoms with Crippen molar-refractivity contribution in [1.29, 1.82) is 0 Å². The van der Waals surface area contributed by atoms with E-state index in [4.69, 9.17) is 14.2 Å². The second kappa shape index (κ2) is 16.9. The van der Waals surface area contributed by atoms with Crippen molar-refractivity contribution in [3.63, 3.8) is 0 Å². The van der Waals surface area contributed by atoms with Crippen LogP contribution in [0, 0.1) is 0 Å². The van der Waals surface area contributed by atoms with Crippen molar-refractivity contribution in [2.75, 3.05) is 0 Å². The number of benzene rings is 5. The standard InChI is InChI=1S/C40H37N3O8S/c44-38-35-19-10-11-21-37(35)43(29-49-27-30-13-4-1-5-14-30)40(46)42(38)26-12-20-36(39(45)50-28-31-15-6-2-7-16-31)41-52(47,48)34-24-22-33(23-25-34)51-32-17-8-3-9-18-32/h1-11,13-19,21-25,36,41H,12,20,26-29H2. The van der Waals surface area contributed by atoms with Gasteiger partial charge in [0, 0.05) is 6.54 Å². The fourth-order valence-electron chi connectivity index (χ4n) is 5.60. The lowest BCUT2D eigenvalue weighted by Crippen LogP contribution is -2.43. The third-order valence-corrected chi connectivity index (χ3v) is 9.75. The van der Waals surface area contributed by atoms with Gasteiger partial charge in [0.1, 0.15) is 30.9 Å². The minimum Gasteiger partial charge on any atom is -0.460 e. The lowest BCUT2D eigenvalue weighted by Gasteiger charge is -2.19. The molecule has 1 aromatic heterocycles. The molecule has 6 rings (SSSR count). The number of nitrogens with one attached hydrogen (secondary N) is 1. The first kappa shape index (κ1) is 36.0. The molecule has 0 radical (unpaired) electrons. The topological polar surface area (TPSA) is 135 Å². The number of hydrogen-bond acceptors (Lipinski definition) is 8. The molecule has 11 nitrogen and oxygen atoms in total. The Hall–Kier alpha value is -5.82. The summed E-state index contributed by atoms with van der Waals surface area (Å²) >= 11 is 0. The number of fused-ring (bicyclic) bond motifs is 1. The number of para-hydroxylation sites is 2. The molecule has 52 heavy (non-hydrogen) atoms. The van der Waals surface area contributed by atoms with Crippen molar-refractivity contribution in [1.82, 2.24) is 13.9 Å². The molecule has 1 heterocycles. The number of carbonyl (C=O) groups excluding carboxylic acids is 1. The Balaban J connectivity index is 1.19. The highest BCUT2D eigenvalue weighted by molar-refractivity contribution is 7.89. The molecule has 1 N–H and O–H groups in total. The summed E-state index contributed by atoms with van der Waals surface area (Å²) in [5.74, 6) is 0.226. The molecule has 0 aliphatic heterocycles. The Bertz CT molecular complexity index is 2330. The van der Waals surface area contributed by atoms with Crippen molar-refractivity contribution in [3.05, 3.63) is 171 Å². The molecule has 266 valence electrons. The third kappa shape index (κ3) is 9.09. The number of aromatic nitrogens is 2. The number of hydrogen-bond donors (Lipinski definition) is 1. The van der Waals surface area contributed by atoms with Crippen LogP contribution in [-0.2, 0) is 50.8 Å². The van der Waals surface area contributed by atoms with Gasteiger partial charge in [0.05, 0.1) is 22.4 Å². The van der Waals surface area contributed by atoms with Gasteiger partial charge in [0.25, 0.3) is 5.56 Å². The molecule has 0 aliphatic carbocycles. The van der Waals surface area contributed by atoms with E-state index in [9.17, 15) is 22.8 Å². The van der Waals surface area contributed by atoms with Crippen molar-refractivity contribution < 1.29 is 27.4 Å². The Morgan fingerprint density at radius 3 is 1.92 bits per heavy atom. The molecule has 5 aromatic carbocycles. The van der Waals surface area contributed by atoms with Gasteiger partial charge in [0.15, 0.2) is 0 Å². The van der Waals surface area contributed by atoms with Gasteiger partial charge in [-0.3, -0.25) is 18.7 Å². The summed E-state index contributed by atoms with van der Waals surface area (Å²) in [5.41, 5.74) is 0.999. The molecule has 0 saturated carbocycles. The molecule has 1 unspecified atom stereocenters. The zero-order chi connectivity index (χ0) is 36.3. The Kier molecular flexibility index (Phi) is 11.7. The highest BCUT2D eigenvalue weighted by Gasteiger charge is 2.27. The molecule has 0 amide bonds. The van der Waals surface area contributed by atoms with E-state index in [-0.39, 0.29) is 44.2 Å². The van der Waals surface area contributed by atoms with E-state index >= 15 is 0 Å². The Morgan fingerprint density at radius 1 is 0.673 bits per heavy atom. The lowest BCUT2D eigenvalue weighted by atomic mass is 10.1. The second-order valence-corrected chi connectivity index (χ2v) is 13.7. The third-order valence-electron chi connectivity index (χ3n) is 8.26. The van der Waals surface area contributed by atoms with Gasteiger partial charge in [-0.25, -0.2) is 13.2 Å². The van der Waals surface area contributed by atoms with Crippen LogP contribution >= 0.6 is 0 Å². The van der Waals surface area contributed by atoms with Crippen molar-refractivity contribution in [2.24, 2.45) is 0 Å². The largest absolute Gasteiger partial charge is 0.460 e. The Labute approximate surface area is 300 Å². The zero-order valence-electron chi connectivity index (χ0n) is 28.2. The summed E-state index contributed by atoms with van der Waals surface area (Å²) in [6.07, 6.45) is 0.0289. The molecule has 0 spiro atoms. The van der Waals surface area contributed by atoms with E-state index < -0.39 is 33.3 Å². The maximum Gasteiger partial charge on any atom is 0.333 e.